The van der Waals surface area contributed by atoms with Crippen molar-refractivity contribution >= 4 is 21.9 Å². The SMILES string of the molecule is CCOC(=O)[C@@](C)(N)Cc1ccc(Br)cc1. The summed E-state index contributed by atoms with van der Waals surface area (Å²) >= 11 is 3.36. The predicted octanol–water partition coefficient (Wildman–Crippen LogP) is 2.27. The first-order valence-corrected chi connectivity index (χ1v) is 5.95. The van der Waals surface area contributed by atoms with Crippen LogP contribution in [0.2, 0.25) is 0 Å². The molecule has 0 spiro atoms. The van der Waals surface area contributed by atoms with Crippen LogP contribution in [0.3, 0.4) is 0 Å². The number of halogens is 1. The monoisotopic (exact) mass is 285 g/mol. The Balaban J connectivity index is 2.72. The van der Waals surface area contributed by atoms with Crippen LogP contribution in [0, 0.1) is 0 Å². The molecule has 0 radical (unpaired) electrons. The van der Waals surface area contributed by atoms with Crippen molar-refractivity contribution in [3.8, 4) is 0 Å². The van der Waals surface area contributed by atoms with Crippen molar-refractivity contribution in [3.63, 3.8) is 0 Å². The van der Waals surface area contributed by atoms with Crippen LogP contribution in [0.1, 0.15) is 19.4 Å². The van der Waals surface area contributed by atoms with Crippen molar-refractivity contribution < 1.29 is 9.53 Å². The van der Waals surface area contributed by atoms with Gasteiger partial charge in [-0.05, 0) is 31.5 Å². The quantitative estimate of drug-likeness (QED) is 0.864. The summed E-state index contributed by atoms with van der Waals surface area (Å²) in [4.78, 5) is 11.6. The van der Waals surface area contributed by atoms with E-state index in [1.165, 1.54) is 0 Å². The molecule has 1 rings (SSSR count). The van der Waals surface area contributed by atoms with E-state index in [1.54, 1.807) is 13.8 Å². The number of ether oxygens (including phenoxy) is 1. The molecule has 2 N–H and O–H groups in total. The van der Waals surface area contributed by atoms with Gasteiger partial charge in [-0.3, -0.25) is 4.79 Å². The lowest BCUT2D eigenvalue weighted by molar-refractivity contribution is -0.148. The van der Waals surface area contributed by atoms with Crippen LogP contribution in [-0.2, 0) is 16.0 Å². The molecule has 0 saturated heterocycles. The largest absolute Gasteiger partial charge is 0.465 e. The first-order valence-electron chi connectivity index (χ1n) is 5.16. The Labute approximate surface area is 104 Å². The molecule has 0 fully saturated rings. The molecular formula is C12H16BrNO2. The van der Waals surface area contributed by atoms with Crippen molar-refractivity contribution in [1.29, 1.82) is 0 Å². The van der Waals surface area contributed by atoms with E-state index >= 15 is 0 Å². The third kappa shape index (κ3) is 3.61. The maximum atomic E-state index is 11.6. The standard InChI is InChI=1S/C12H16BrNO2/c1-3-16-11(15)12(2,14)8-9-4-6-10(13)7-5-9/h4-7H,3,8,14H2,1-2H3/t12-/m0/s1. The van der Waals surface area contributed by atoms with Crippen LogP contribution in [0.15, 0.2) is 28.7 Å². The van der Waals surface area contributed by atoms with Crippen molar-refractivity contribution in [3.05, 3.63) is 34.3 Å². The van der Waals surface area contributed by atoms with Crippen LogP contribution in [0.5, 0.6) is 0 Å². The minimum absolute atomic E-state index is 0.353. The van der Waals surface area contributed by atoms with Gasteiger partial charge in [0.25, 0.3) is 0 Å². The summed E-state index contributed by atoms with van der Waals surface area (Å²) in [7, 11) is 0. The van der Waals surface area contributed by atoms with Gasteiger partial charge in [-0.25, -0.2) is 0 Å². The average molecular weight is 286 g/mol. The van der Waals surface area contributed by atoms with Crippen molar-refractivity contribution in [2.24, 2.45) is 5.73 Å². The predicted molar refractivity (Wildman–Crippen MR) is 67.1 cm³/mol. The molecule has 0 aromatic heterocycles. The minimum Gasteiger partial charge on any atom is -0.465 e. The number of carbonyl (C=O) groups excluding carboxylic acids is 1. The van der Waals surface area contributed by atoms with Crippen LogP contribution in [0.4, 0.5) is 0 Å². The summed E-state index contributed by atoms with van der Waals surface area (Å²) in [5.41, 5.74) is 5.98. The summed E-state index contributed by atoms with van der Waals surface area (Å²) < 4.78 is 5.94. The number of rotatable bonds is 4. The van der Waals surface area contributed by atoms with Gasteiger partial charge in [-0.15, -0.1) is 0 Å². The number of hydrogen-bond donors (Lipinski definition) is 1. The highest BCUT2D eigenvalue weighted by atomic mass is 79.9. The molecule has 16 heavy (non-hydrogen) atoms. The minimum atomic E-state index is -0.968. The Hall–Kier alpha value is -0.870. The van der Waals surface area contributed by atoms with E-state index in [9.17, 15) is 4.79 Å². The van der Waals surface area contributed by atoms with Crippen LogP contribution < -0.4 is 5.73 Å². The summed E-state index contributed by atoms with van der Waals surface area (Å²) in [5.74, 6) is -0.363. The molecule has 0 bridgehead atoms. The molecule has 1 aromatic carbocycles. The van der Waals surface area contributed by atoms with Crippen molar-refractivity contribution in [2.45, 2.75) is 25.8 Å². The van der Waals surface area contributed by atoms with E-state index in [0.717, 1.165) is 10.0 Å². The van der Waals surface area contributed by atoms with E-state index in [0.29, 0.717) is 13.0 Å². The molecule has 0 aliphatic carbocycles. The molecule has 88 valence electrons. The second kappa shape index (κ2) is 5.46. The van der Waals surface area contributed by atoms with Gasteiger partial charge in [0.05, 0.1) is 6.61 Å². The molecule has 0 unspecified atom stereocenters. The topological polar surface area (TPSA) is 52.3 Å². The highest BCUT2D eigenvalue weighted by molar-refractivity contribution is 9.10. The lowest BCUT2D eigenvalue weighted by atomic mass is 9.94. The third-order valence-corrected chi connectivity index (χ3v) is 2.76. The molecule has 4 heteroatoms. The number of carbonyl (C=O) groups is 1. The average Bonchev–Trinajstić information content (AvgIpc) is 2.21. The molecule has 0 saturated carbocycles. The summed E-state index contributed by atoms with van der Waals surface area (Å²) in [6.07, 6.45) is 0.471. The van der Waals surface area contributed by atoms with Gasteiger partial charge in [0.2, 0.25) is 0 Å². The number of benzene rings is 1. The second-order valence-corrected chi connectivity index (χ2v) is 4.86. The van der Waals surface area contributed by atoms with Crippen molar-refractivity contribution in [2.75, 3.05) is 6.61 Å². The molecule has 3 nitrogen and oxygen atoms in total. The first-order chi connectivity index (χ1) is 7.45. The number of nitrogens with two attached hydrogens (primary N) is 1. The van der Waals surface area contributed by atoms with Gasteiger partial charge in [0, 0.05) is 10.9 Å². The van der Waals surface area contributed by atoms with Gasteiger partial charge in [0.1, 0.15) is 5.54 Å². The third-order valence-electron chi connectivity index (χ3n) is 2.23. The molecule has 0 amide bonds. The molecule has 1 aromatic rings. The molecular weight excluding hydrogens is 270 g/mol. The van der Waals surface area contributed by atoms with E-state index in [1.807, 2.05) is 24.3 Å². The zero-order valence-corrected chi connectivity index (χ0v) is 11.1. The molecule has 0 heterocycles. The number of esters is 1. The van der Waals surface area contributed by atoms with Gasteiger partial charge in [-0.1, -0.05) is 28.1 Å². The summed E-state index contributed by atoms with van der Waals surface area (Å²) in [6, 6.07) is 7.73. The van der Waals surface area contributed by atoms with Gasteiger partial charge in [-0.2, -0.15) is 0 Å². The Morgan fingerprint density at radius 2 is 2.00 bits per heavy atom. The lowest BCUT2D eigenvalue weighted by Gasteiger charge is -2.22. The maximum absolute atomic E-state index is 11.6. The Kier molecular flexibility index (Phi) is 4.50. The Bertz CT molecular complexity index is 360. The lowest BCUT2D eigenvalue weighted by Crippen LogP contribution is -2.48. The smallest absolute Gasteiger partial charge is 0.326 e. The van der Waals surface area contributed by atoms with E-state index in [4.69, 9.17) is 10.5 Å². The van der Waals surface area contributed by atoms with Crippen LogP contribution in [-0.4, -0.2) is 18.1 Å². The van der Waals surface area contributed by atoms with Gasteiger partial charge >= 0.3 is 5.97 Å². The fourth-order valence-corrected chi connectivity index (χ4v) is 1.66. The van der Waals surface area contributed by atoms with E-state index < -0.39 is 5.54 Å². The second-order valence-electron chi connectivity index (χ2n) is 3.94. The first kappa shape index (κ1) is 13.2. The number of hydrogen-bond acceptors (Lipinski definition) is 3. The van der Waals surface area contributed by atoms with E-state index in [-0.39, 0.29) is 5.97 Å². The zero-order chi connectivity index (χ0) is 12.2. The fourth-order valence-electron chi connectivity index (χ4n) is 1.39. The summed E-state index contributed by atoms with van der Waals surface area (Å²) in [6.45, 7) is 3.81. The molecule has 0 aliphatic heterocycles. The molecule has 0 aliphatic rings. The Morgan fingerprint density at radius 1 is 1.44 bits per heavy atom. The van der Waals surface area contributed by atoms with Crippen molar-refractivity contribution in [1.82, 2.24) is 0 Å². The van der Waals surface area contributed by atoms with Crippen LogP contribution in [0.25, 0.3) is 0 Å². The highest BCUT2D eigenvalue weighted by Crippen LogP contribution is 2.16. The summed E-state index contributed by atoms with van der Waals surface area (Å²) in [5, 5.41) is 0. The maximum Gasteiger partial charge on any atom is 0.326 e. The van der Waals surface area contributed by atoms with E-state index in [2.05, 4.69) is 15.9 Å². The zero-order valence-electron chi connectivity index (χ0n) is 9.50. The van der Waals surface area contributed by atoms with Crippen LogP contribution >= 0.6 is 15.9 Å². The van der Waals surface area contributed by atoms with Gasteiger partial charge < -0.3 is 10.5 Å². The van der Waals surface area contributed by atoms with Gasteiger partial charge in [0.15, 0.2) is 0 Å². The molecule has 1 atom stereocenters. The fraction of sp³-hybridized carbons (Fsp3) is 0.417. The normalized spacial score (nSPS) is 14.2. The Morgan fingerprint density at radius 3 is 2.50 bits per heavy atom. The highest BCUT2D eigenvalue weighted by Gasteiger charge is 2.29.